The van der Waals surface area contributed by atoms with Gasteiger partial charge >= 0.3 is 0 Å². The topological polar surface area (TPSA) is 43.1 Å². The van der Waals surface area contributed by atoms with E-state index in [0.717, 1.165) is 24.8 Å². The Labute approximate surface area is 88.1 Å². The number of hydrogen-bond acceptors (Lipinski definition) is 2. The molecule has 0 spiro atoms. The van der Waals surface area contributed by atoms with Crippen molar-refractivity contribution in [3.63, 3.8) is 0 Å². The molecule has 2 unspecified atom stereocenters. The Kier molecular flexibility index (Phi) is 2.35. The Morgan fingerprint density at radius 1 is 1.71 bits per heavy atom. The maximum atomic E-state index is 11.7. The molecule has 2 N–H and O–H groups in total. The normalized spacial score (nSPS) is 31.9. The second-order valence-corrected chi connectivity index (χ2v) is 4.92. The van der Waals surface area contributed by atoms with Crippen molar-refractivity contribution < 1.29 is 4.79 Å². The molecule has 1 aliphatic carbocycles. The lowest BCUT2D eigenvalue weighted by atomic mass is 9.73. The third kappa shape index (κ3) is 1.19. The van der Waals surface area contributed by atoms with Crippen LogP contribution in [0.1, 0.15) is 31.7 Å². The zero-order chi connectivity index (χ0) is 10.2. The molecule has 2 nitrogen and oxygen atoms in total. The van der Waals surface area contributed by atoms with Crippen molar-refractivity contribution in [2.45, 2.75) is 31.6 Å². The quantitative estimate of drug-likeness (QED) is 0.798. The molecule has 1 aromatic heterocycles. The monoisotopic (exact) mass is 209 g/mol. The van der Waals surface area contributed by atoms with Gasteiger partial charge in [0.05, 0.1) is 5.41 Å². The Bertz CT molecular complexity index is 333. The van der Waals surface area contributed by atoms with Crippen LogP contribution in [0.4, 0.5) is 0 Å². The summed E-state index contributed by atoms with van der Waals surface area (Å²) in [4.78, 5) is 11.7. The van der Waals surface area contributed by atoms with E-state index in [1.165, 1.54) is 0 Å². The smallest absolute Gasteiger partial charge is 0.228 e. The van der Waals surface area contributed by atoms with Gasteiger partial charge in [-0.05, 0) is 41.1 Å². The summed E-state index contributed by atoms with van der Waals surface area (Å²) in [5.41, 5.74) is 6.33. The van der Waals surface area contributed by atoms with Crippen LogP contribution >= 0.6 is 11.3 Å². The number of carbonyl (C=O) groups excluding carboxylic acids is 1. The fourth-order valence-electron chi connectivity index (χ4n) is 2.64. The van der Waals surface area contributed by atoms with Gasteiger partial charge in [0, 0.05) is 0 Å². The maximum Gasteiger partial charge on any atom is 0.228 e. The van der Waals surface area contributed by atoms with Gasteiger partial charge in [0.1, 0.15) is 0 Å². The average molecular weight is 209 g/mol. The van der Waals surface area contributed by atoms with E-state index in [4.69, 9.17) is 5.73 Å². The van der Waals surface area contributed by atoms with Crippen LogP contribution in [0, 0.1) is 5.92 Å². The molecule has 2 rings (SSSR count). The molecule has 1 saturated carbocycles. The van der Waals surface area contributed by atoms with Crippen LogP contribution in [-0.4, -0.2) is 5.91 Å². The Balaban J connectivity index is 2.46. The number of primary amides is 1. The molecule has 76 valence electrons. The van der Waals surface area contributed by atoms with E-state index in [-0.39, 0.29) is 11.3 Å². The maximum absolute atomic E-state index is 11.7. The minimum atomic E-state index is -0.375. The van der Waals surface area contributed by atoms with Gasteiger partial charge in [0.2, 0.25) is 5.91 Å². The number of thiophene rings is 1. The molecule has 3 heteroatoms. The first-order valence-electron chi connectivity index (χ1n) is 5.00. The summed E-state index contributed by atoms with van der Waals surface area (Å²) < 4.78 is 0. The van der Waals surface area contributed by atoms with Crippen LogP contribution in [0.15, 0.2) is 16.8 Å². The summed E-state index contributed by atoms with van der Waals surface area (Å²) in [5.74, 6) is 0.232. The summed E-state index contributed by atoms with van der Waals surface area (Å²) in [6, 6.07) is 2.04. The molecule has 1 heterocycles. The van der Waals surface area contributed by atoms with Gasteiger partial charge in [-0.15, -0.1) is 0 Å². The summed E-state index contributed by atoms with van der Waals surface area (Å²) in [6.45, 7) is 2.13. The molecule has 1 amide bonds. The lowest BCUT2D eigenvalue weighted by molar-refractivity contribution is -0.124. The van der Waals surface area contributed by atoms with Crippen LogP contribution in [0.5, 0.6) is 0 Å². The summed E-state index contributed by atoms with van der Waals surface area (Å²) >= 11 is 1.64. The highest BCUT2D eigenvalue weighted by Crippen LogP contribution is 2.45. The van der Waals surface area contributed by atoms with Gasteiger partial charge in [0.25, 0.3) is 0 Å². The SMILES string of the molecule is CC1CCCC1(C(N)=O)c1ccsc1. The highest BCUT2D eigenvalue weighted by atomic mass is 32.1. The highest BCUT2D eigenvalue weighted by molar-refractivity contribution is 7.08. The van der Waals surface area contributed by atoms with E-state index in [2.05, 4.69) is 12.3 Å². The van der Waals surface area contributed by atoms with Gasteiger partial charge < -0.3 is 5.73 Å². The third-order valence-electron chi connectivity index (χ3n) is 3.53. The number of carbonyl (C=O) groups is 1. The van der Waals surface area contributed by atoms with E-state index in [1.54, 1.807) is 11.3 Å². The largest absolute Gasteiger partial charge is 0.369 e. The number of amides is 1. The van der Waals surface area contributed by atoms with Gasteiger partial charge in [-0.1, -0.05) is 13.3 Å². The molecule has 0 aromatic carbocycles. The molecule has 1 fully saturated rings. The van der Waals surface area contributed by atoms with Crippen molar-refractivity contribution in [1.82, 2.24) is 0 Å². The second-order valence-electron chi connectivity index (χ2n) is 4.14. The first-order chi connectivity index (χ1) is 6.68. The molecule has 1 aliphatic rings. The van der Waals surface area contributed by atoms with Gasteiger partial charge in [-0.25, -0.2) is 0 Å². The fourth-order valence-corrected chi connectivity index (χ4v) is 3.37. The van der Waals surface area contributed by atoms with Gasteiger partial charge in [0.15, 0.2) is 0 Å². The molecule has 0 saturated heterocycles. The molecule has 0 bridgehead atoms. The lowest BCUT2D eigenvalue weighted by Gasteiger charge is -2.29. The van der Waals surface area contributed by atoms with E-state index in [0.29, 0.717) is 5.92 Å². The van der Waals surface area contributed by atoms with E-state index < -0.39 is 0 Å². The van der Waals surface area contributed by atoms with Crippen molar-refractivity contribution >= 4 is 17.2 Å². The van der Waals surface area contributed by atoms with E-state index in [1.807, 2.05) is 11.4 Å². The molecule has 0 radical (unpaired) electrons. The number of hydrogen-bond donors (Lipinski definition) is 1. The highest BCUT2D eigenvalue weighted by Gasteiger charge is 2.46. The fraction of sp³-hybridized carbons (Fsp3) is 0.545. The zero-order valence-corrected chi connectivity index (χ0v) is 9.14. The van der Waals surface area contributed by atoms with Crippen molar-refractivity contribution in [3.05, 3.63) is 22.4 Å². The summed E-state index contributed by atoms with van der Waals surface area (Å²) in [6.07, 6.45) is 3.14. The van der Waals surface area contributed by atoms with Crippen LogP contribution in [0.25, 0.3) is 0 Å². The minimum Gasteiger partial charge on any atom is -0.369 e. The predicted octanol–water partition coefficient (Wildman–Crippen LogP) is 2.29. The first-order valence-corrected chi connectivity index (χ1v) is 5.95. The minimum absolute atomic E-state index is 0.152. The van der Waals surface area contributed by atoms with Crippen LogP contribution in [0.3, 0.4) is 0 Å². The van der Waals surface area contributed by atoms with E-state index >= 15 is 0 Å². The molecular formula is C11H15NOS. The van der Waals surface area contributed by atoms with Crippen molar-refractivity contribution in [2.24, 2.45) is 11.7 Å². The Morgan fingerprint density at radius 2 is 2.50 bits per heavy atom. The predicted molar refractivity (Wildman–Crippen MR) is 58.2 cm³/mol. The van der Waals surface area contributed by atoms with Gasteiger partial charge in [-0.3, -0.25) is 4.79 Å². The summed E-state index contributed by atoms with van der Waals surface area (Å²) in [5, 5.41) is 4.08. The molecule has 2 atom stereocenters. The number of rotatable bonds is 2. The Morgan fingerprint density at radius 3 is 2.93 bits per heavy atom. The Hall–Kier alpha value is -0.830. The number of nitrogens with two attached hydrogens (primary N) is 1. The first kappa shape index (κ1) is 9.71. The average Bonchev–Trinajstić information content (AvgIpc) is 2.72. The van der Waals surface area contributed by atoms with Crippen molar-refractivity contribution in [2.75, 3.05) is 0 Å². The van der Waals surface area contributed by atoms with Crippen LogP contribution in [-0.2, 0) is 10.2 Å². The molecular weight excluding hydrogens is 194 g/mol. The van der Waals surface area contributed by atoms with Crippen LogP contribution < -0.4 is 5.73 Å². The third-order valence-corrected chi connectivity index (χ3v) is 4.21. The molecule has 1 aromatic rings. The van der Waals surface area contributed by atoms with E-state index in [9.17, 15) is 4.79 Å². The second kappa shape index (κ2) is 3.39. The van der Waals surface area contributed by atoms with Crippen LogP contribution in [0.2, 0.25) is 0 Å². The van der Waals surface area contributed by atoms with Crippen molar-refractivity contribution in [1.29, 1.82) is 0 Å². The van der Waals surface area contributed by atoms with Crippen molar-refractivity contribution in [3.8, 4) is 0 Å². The zero-order valence-electron chi connectivity index (χ0n) is 8.32. The lowest BCUT2D eigenvalue weighted by Crippen LogP contribution is -2.42. The molecule has 0 aliphatic heterocycles. The standard InChI is InChI=1S/C11H15NOS/c1-8-3-2-5-11(8,10(12)13)9-4-6-14-7-9/h4,6-8H,2-3,5H2,1H3,(H2,12,13). The summed E-state index contributed by atoms with van der Waals surface area (Å²) in [7, 11) is 0. The molecule has 14 heavy (non-hydrogen) atoms. The van der Waals surface area contributed by atoms with Gasteiger partial charge in [-0.2, -0.15) is 11.3 Å².